The van der Waals surface area contributed by atoms with Crippen molar-refractivity contribution in [2.24, 2.45) is 0 Å². The fourth-order valence-corrected chi connectivity index (χ4v) is 2.22. The van der Waals surface area contributed by atoms with Crippen molar-refractivity contribution in [1.82, 2.24) is 14.8 Å². The van der Waals surface area contributed by atoms with Gasteiger partial charge in [0.2, 0.25) is 0 Å². The molecule has 0 atom stereocenters. The van der Waals surface area contributed by atoms with Crippen LogP contribution in [-0.4, -0.2) is 20.5 Å². The summed E-state index contributed by atoms with van der Waals surface area (Å²) in [7, 11) is 0. The Bertz CT molecular complexity index is 773. The highest BCUT2D eigenvalue weighted by molar-refractivity contribution is 5.95. The molecule has 1 N–H and O–H groups in total. The number of Topliss-reactive ketones (excluding diaryl/α,β-unsaturated/α-hetero) is 1. The zero-order valence-electron chi connectivity index (χ0n) is 11.1. The molecule has 5 heteroatoms. The molecular weight excluding hydrogens is 269 g/mol. The topological polar surface area (TPSA) is 50.7 Å². The summed E-state index contributed by atoms with van der Waals surface area (Å²) < 4.78 is 14.8. The van der Waals surface area contributed by atoms with Crippen molar-refractivity contribution in [2.75, 3.05) is 0 Å². The van der Waals surface area contributed by atoms with E-state index in [1.807, 2.05) is 19.3 Å². The number of rotatable bonds is 4. The summed E-state index contributed by atoms with van der Waals surface area (Å²) in [5.74, 6) is -0.129. The molecule has 3 rings (SSSR count). The maximum absolute atomic E-state index is 13.2. The minimum Gasteiger partial charge on any atom is -0.360 e. The zero-order chi connectivity index (χ0) is 14.1. The molecule has 3 aromatic rings. The van der Waals surface area contributed by atoms with Crippen molar-refractivity contribution >= 4 is 16.7 Å². The van der Waals surface area contributed by atoms with Gasteiger partial charge in [0, 0.05) is 40.8 Å². The predicted molar refractivity (Wildman–Crippen MR) is 81.5 cm³/mol. The van der Waals surface area contributed by atoms with E-state index in [9.17, 15) is 9.18 Å². The lowest BCUT2D eigenvalue weighted by molar-refractivity contribution is -0.119. The number of hydrogen-bond donors (Lipinski definition) is 1. The van der Waals surface area contributed by atoms with Gasteiger partial charge in [-0.05, 0) is 18.2 Å². The molecular formula is C16H18FN3O. The van der Waals surface area contributed by atoms with Gasteiger partial charge in [-0.25, -0.2) is 4.39 Å². The van der Waals surface area contributed by atoms with Crippen LogP contribution < -0.4 is 0 Å². The molecule has 0 aliphatic carbocycles. The summed E-state index contributed by atoms with van der Waals surface area (Å²) in [6.45, 7) is 2.12. The summed E-state index contributed by atoms with van der Waals surface area (Å²) >= 11 is 0. The first-order valence-corrected chi connectivity index (χ1v) is 6.48. The predicted octanol–water partition coefficient (Wildman–Crippen LogP) is 3.79. The van der Waals surface area contributed by atoms with Gasteiger partial charge in [-0.1, -0.05) is 14.4 Å². The van der Waals surface area contributed by atoms with Gasteiger partial charge in [0.15, 0.2) is 5.78 Å². The molecule has 0 radical (unpaired) electrons. The van der Waals surface area contributed by atoms with Crippen LogP contribution in [0.2, 0.25) is 0 Å². The van der Waals surface area contributed by atoms with Crippen LogP contribution in [0.25, 0.3) is 22.0 Å². The van der Waals surface area contributed by atoms with Crippen LogP contribution >= 0.6 is 0 Å². The number of aromatic amines is 1. The van der Waals surface area contributed by atoms with Gasteiger partial charge in [0.05, 0.1) is 12.7 Å². The second-order valence-corrected chi connectivity index (χ2v) is 4.71. The van der Waals surface area contributed by atoms with Gasteiger partial charge in [-0.3, -0.25) is 9.48 Å². The molecule has 0 bridgehead atoms. The van der Waals surface area contributed by atoms with E-state index in [0.717, 1.165) is 22.0 Å². The highest BCUT2D eigenvalue weighted by Crippen LogP contribution is 2.28. The Labute approximate surface area is 122 Å². The summed E-state index contributed by atoms with van der Waals surface area (Å²) in [6.07, 6.45) is 5.88. The molecule has 0 saturated heterocycles. The minimum atomic E-state index is -0.268. The summed E-state index contributed by atoms with van der Waals surface area (Å²) in [5, 5.41) is 5.13. The first-order valence-electron chi connectivity index (χ1n) is 6.48. The van der Waals surface area contributed by atoms with Crippen LogP contribution in [0, 0.1) is 5.82 Å². The zero-order valence-corrected chi connectivity index (χ0v) is 11.1. The van der Waals surface area contributed by atoms with Gasteiger partial charge in [-0.2, -0.15) is 5.10 Å². The van der Waals surface area contributed by atoms with Crippen molar-refractivity contribution in [3.8, 4) is 11.1 Å². The monoisotopic (exact) mass is 287 g/mol. The number of carbonyl (C=O) groups is 1. The number of aromatic nitrogens is 3. The van der Waals surface area contributed by atoms with Gasteiger partial charge in [0.1, 0.15) is 5.82 Å². The standard InChI is InChI=1S/C15H14FN3O.CH4/c1-2-12(20)9-19-8-10(6-18-19)14-7-17-15-5-11(16)3-4-13(14)15;/h3-8,17H,2,9H2,1H3;1H4. The highest BCUT2D eigenvalue weighted by Gasteiger charge is 2.10. The van der Waals surface area contributed by atoms with Crippen LogP contribution in [0.1, 0.15) is 20.8 Å². The Morgan fingerprint density at radius 1 is 1.43 bits per heavy atom. The summed E-state index contributed by atoms with van der Waals surface area (Å²) in [4.78, 5) is 14.5. The van der Waals surface area contributed by atoms with Crippen LogP contribution in [-0.2, 0) is 11.3 Å². The molecule has 110 valence electrons. The SMILES string of the molecule is C.CCC(=O)Cn1cc(-c2c[nH]c3cc(F)ccc23)cn1. The molecule has 0 aliphatic heterocycles. The number of benzene rings is 1. The number of fused-ring (bicyclic) bond motifs is 1. The number of H-pyrrole nitrogens is 1. The maximum atomic E-state index is 13.2. The first kappa shape index (κ1) is 15.0. The van der Waals surface area contributed by atoms with Crippen LogP contribution in [0.4, 0.5) is 4.39 Å². The third-order valence-corrected chi connectivity index (χ3v) is 3.32. The second kappa shape index (κ2) is 5.91. The van der Waals surface area contributed by atoms with Crippen LogP contribution in [0.15, 0.2) is 36.8 Å². The molecule has 2 heterocycles. The number of hydrogen-bond acceptors (Lipinski definition) is 2. The van der Waals surface area contributed by atoms with Gasteiger partial charge in [-0.15, -0.1) is 0 Å². The molecule has 0 unspecified atom stereocenters. The number of nitrogens with zero attached hydrogens (tertiary/aromatic N) is 2. The molecule has 0 saturated carbocycles. The van der Waals surface area contributed by atoms with E-state index in [0.29, 0.717) is 6.42 Å². The summed E-state index contributed by atoms with van der Waals surface area (Å²) in [5.41, 5.74) is 2.61. The van der Waals surface area contributed by atoms with E-state index in [4.69, 9.17) is 0 Å². The Kier molecular flexibility index (Phi) is 4.21. The van der Waals surface area contributed by atoms with E-state index in [1.165, 1.54) is 12.1 Å². The number of halogens is 1. The molecule has 21 heavy (non-hydrogen) atoms. The van der Waals surface area contributed by atoms with Crippen molar-refractivity contribution in [3.63, 3.8) is 0 Å². The van der Waals surface area contributed by atoms with E-state index in [1.54, 1.807) is 16.9 Å². The van der Waals surface area contributed by atoms with E-state index in [-0.39, 0.29) is 25.6 Å². The van der Waals surface area contributed by atoms with E-state index >= 15 is 0 Å². The van der Waals surface area contributed by atoms with Gasteiger partial charge in [0.25, 0.3) is 0 Å². The lowest BCUT2D eigenvalue weighted by Crippen LogP contribution is -2.08. The van der Waals surface area contributed by atoms with E-state index < -0.39 is 0 Å². The fraction of sp³-hybridized carbons (Fsp3) is 0.250. The summed E-state index contributed by atoms with van der Waals surface area (Å²) in [6, 6.07) is 4.64. The van der Waals surface area contributed by atoms with Crippen LogP contribution in [0.5, 0.6) is 0 Å². The Balaban J connectivity index is 0.00000161. The molecule has 2 aromatic heterocycles. The molecule has 0 spiro atoms. The van der Waals surface area contributed by atoms with Crippen molar-refractivity contribution in [3.05, 3.63) is 42.6 Å². The Hall–Kier alpha value is -2.43. The Morgan fingerprint density at radius 3 is 3.00 bits per heavy atom. The fourth-order valence-electron chi connectivity index (χ4n) is 2.22. The molecule has 0 amide bonds. The highest BCUT2D eigenvalue weighted by atomic mass is 19.1. The smallest absolute Gasteiger partial charge is 0.154 e. The third-order valence-electron chi connectivity index (χ3n) is 3.32. The lowest BCUT2D eigenvalue weighted by atomic mass is 10.1. The van der Waals surface area contributed by atoms with Gasteiger partial charge < -0.3 is 4.98 Å². The molecule has 4 nitrogen and oxygen atoms in total. The van der Waals surface area contributed by atoms with Crippen molar-refractivity contribution < 1.29 is 9.18 Å². The van der Waals surface area contributed by atoms with Crippen LogP contribution in [0.3, 0.4) is 0 Å². The number of carbonyl (C=O) groups excluding carboxylic acids is 1. The normalized spacial score (nSPS) is 10.6. The lowest BCUT2D eigenvalue weighted by Gasteiger charge is -1.97. The van der Waals surface area contributed by atoms with E-state index in [2.05, 4.69) is 10.1 Å². The number of nitrogens with one attached hydrogen (secondary N) is 1. The van der Waals surface area contributed by atoms with Crippen molar-refractivity contribution in [2.45, 2.75) is 27.3 Å². The largest absolute Gasteiger partial charge is 0.360 e. The average Bonchev–Trinajstić information content (AvgIpc) is 3.04. The maximum Gasteiger partial charge on any atom is 0.154 e. The molecule has 1 aromatic carbocycles. The second-order valence-electron chi connectivity index (χ2n) is 4.71. The van der Waals surface area contributed by atoms with Crippen molar-refractivity contribution in [1.29, 1.82) is 0 Å². The quantitative estimate of drug-likeness (QED) is 0.793. The molecule has 0 fully saturated rings. The Morgan fingerprint density at radius 2 is 2.24 bits per heavy atom. The van der Waals surface area contributed by atoms with Gasteiger partial charge >= 0.3 is 0 Å². The number of ketones is 1. The molecule has 0 aliphatic rings. The average molecular weight is 287 g/mol. The first-order chi connectivity index (χ1) is 9.67. The minimum absolute atomic E-state index is 0. The third kappa shape index (κ3) is 2.86.